The van der Waals surface area contributed by atoms with Gasteiger partial charge >= 0.3 is 18.1 Å². The van der Waals surface area contributed by atoms with Crippen LogP contribution in [-0.4, -0.2) is 31.3 Å². The van der Waals surface area contributed by atoms with Gasteiger partial charge in [-0.2, -0.15) is 13.2 Å². The molecule has 3 aromatic rings. The van der Waals surface area contributed by atoms with Gasteiger partial charge in [-0.15, -0.1) is 0 Å². The summed E-state index contributed by atoms with van der Waals surface area (Å²) in [6.45, 7) is 0.308. The number of ether oxygens (including phenoxy) is 3. The van der Waals surface area contributed by atoms with E-state index in [1.54, 1.807) is 60.7 Å². The van der Waals surface area contributed by atoms with Crippen LogP contribution in [0.25, 0.3) is 6.08 Å². The summed E-state index contributed by atoms with van der Waals surface area (Å²) in [6.07, 6.45) is -1.43. The van der Waals surface area contributed by atoms with Gasteiger partial charge in [-0.05, 0) is 84.6 Å². The molecule has 0 radical (unpaired) electrons. The van der Waals surface area contributed by atoms with Gasteiger partial charge in [-0.25, -0.2) is 9.59 Å². The molecule has 0 atom stereocenters. The van der Waals surface area contributed by atoms with Crippen LogP contribution in [0.3, 0.4) is 0 Å². The zero-order chi connectivity index (χ0) is 28.3. The fourth-order valence-electron chi connectivity index (χ4n) is 3.43. The van der Waals surface area contributed by atoms with Crippen molar-refractivity contribution in [2.75, 3.05) is 24.7 Å². The predicted molar refractivity (Wildman–Crippen MR) is 142 cm³/mol. The predicted octanol–water partition coefficient (Wildman–Crippen LogP) is 5.98. The molecular weight excluding hydrogens is 513 g/mol. The molecule has 0 spiro atoms. The highest BCUT2D eigenvalue weighted by molar-refractivity contribution is 5.91. The van der Waals surface area contributed by atoms with Crippen molar-refractivity contribution in [1.82, 2.24) is 0 Å². The summed E-state index contributed by atoms with van der Waals surface area (Å²) in [5.41, 5.74) is 14.6. The molecule has 0 aromatic heterocycles. The van der Waals surface area contributed by atoms with Crippen LogP contribution in [0.4, 0.5) is 24.5 Å². The van der Waals surface area contributed by atoms with E-state index < -0.39 is 24.5 Å². The van der Waals surface area contributed by atoms with Crippen molar-refractivity contribution >= 4 is 29.4 Å². The lowest BCUT2D eigenvalue weighted by Gasteiger charge is -2.09. The first-order valence-electron chi connectivity index (χ1n) is 12.2. The molecule has 0 unspecified atom stereocenters. The van der Waals surface area contributed by atoms with Crippen LogP contribution >= 0.6 is 0 Å². The Bertz CT molecular complexity index is 1270. The molecule has 0 aliphatic carbocycles. The standard InChI is InChI=1S/C29H29F3N2O5/c30-29(31,32)16-1-2-17-37-24-9-11-25(12-10-24)39-28(36)21-6-3-20(4-7-21)5-14-27(35)38-18-15-22-19-23(33)8-13-26(22)34/h3-14,19H,1-2,15-18,33-34H2. The number of alkyl halides is 3. The average molecular weight is 543 g/mol. The summed E-state index contributed by atoms with van der Waals surface area (Å²) in [5, 5.41) is 0. The Labute approximate surface area is 224 Å². The van der Waals surface area contributed by atoms with Crippen molar-refractivity contribution < 1.29 is 37.0 Å². The van der Waals surface area contributed by atoms with Crippen molar-refractivity contribution in [2.24, 2.45) is 0 Å². The summed E-state index contributed by atoms with van der Waals surface area (Å²) < 4.78 is 52.4. The third-order valence-corrected chi connectivity index (χ3v) is 5.50. The average Bonchev–Trinajstić information content (AvgIpc) is 2.90. The number of benzene rings is 3. The molecule has 3 rings (SSSR count). The maximum atomic E-state index is 12.4. The number of hydrogen-bond acceptors (Lipinski definition) is 7. The SMILES string of the molecule is Nc1ccc(N)c(CCOC(=O)C=Cc2ccc(C(=O)Oc3ccc(OCCCCC(F)(F)F)cc3)cc2)c1. The number of anilines is 2. The number of nitrogen functional groups attached to an aromatic ring is 2. The van der Waals surface area contributed by atoms with Gasteiger partial charge in [0.25, 0.3) is 0 Å². The minimum Gasteiger partial charge on any atom is -0.494 e. The van der Waals surface area contributed by atoms with Crippen molar-refractivity contribution in [3.05, 3.63) is 89.5 Å². The van der Waals surface area contributed by atoms with Gasteiger partial charge in [0, 0.05) is 30.3 Å². The summed E-state index contributed by atoms with van der Waals surface area (Å²) in [6, 6.07) is 17.8. The number of carbonyl (C=O) groups excluding carboxylic acids is 2. The topological polar surface area (TPSA) is 114 Å². The fourth-order valence-corrected chi connectivity index (χ4v) is 3.43. The van der Waals surface area contributed by atoms with E-state index in [0.29, 0.717) is 34.7 Å². The molecule has 3 aromatic carbocycles. The minimum absolute atomic E-state index is 0.00118. The molecule has 7 nitrogen and oxygen atoms in total. The summed E-state index contributed by atoms with van der Waals surface area (Å²) >= 11 is 0. The molecule has 0 saturated carbocycles. The molecule has 0 heterocycles. The van der Waals surface area contributed by atoms with Crippen molar-refractivity contribution in [3.8, 4) is 11.5 Å². The van der Waals surface area contributed by atoms with Crippen LogP contribution < -0.4 is 20.9 Å². The van der Waals surface area contributed by atoms with Crippen LogP contribution in [0.15, 0.2) is 72.8 Å². The maximum absolute atomic E-state index is 12.4. The summed E-state index contributed by atoms with van der Waals surface area (Å²) in [5.74, 6) is -0.345. The Hall–Kier alpha value is -4.47. The molecule has 0 amide bonds. The molecule has 0 saturated heterocycles. The Kier molecular flexibility index (Phi) is 10.4. The number of carbonyl (C=O) groups is 2. The van der Waals surface area contributed by atoms with Gasteiger partial charge in [0.15, 0.2) is 0 Å². The number of halogens is 3. The van der Waals surface area contributed by atoms with E-state index in [1.807, 2.05) is 0 Å². The molecule has 39 heavy (non-hydrogen) atoms. The van der Waals surface area contributed by atoms with Gasteiger partial charge in [0.2, 0.25) is 0 Å². The number of rotatable bonds is 12. The molecular formula is C29H29F3N2O5. The van der Waals surface area contributed by atoms with Gasteiger partial charge in [0.05, 0.1) is 18.8 Å². The monoisotopic (exact) mass is 542 g/mol. The third-order valence-electron chi connectivity index (χ3n) is 5.50. The maximum Gasteiger partial charge on any atom is 0.389 e. The summed E-state index contributed by atoms with van der Waals surface area (Å²) in [4.78, 5) is 24.4. The second kappa shape index (κ2) is 13.9. The highest BCUT2D eigenvalue weighted by Gasteiger charge is 2.25. The van der Waals surface area contributed by atoms with Crippen molar-refractivity contribution in [3.63, 3.8) is 0 Å². The lowest BCUT2D eigenvalue weighted by Crippen LogP contribution is -2.08. The Morgan fingerprint density at radius 1 is 0.846 bits per heavy atom. The quantitative estimate of drug-likeness (QED) is 0.0951. The second-order valence-electron chi connectivity index (χ2n) is 8.61. The molecule has 10 heteroatoms. The Balaban J connectivity index is 1.41. The van der Waals surface area contributed by atoms with E-state index >= 15 is 0 Å². The Morgan fingerprint density at radius 3 is 2.23 bits per heavy atom. The first-order valence-corrected chi connectivity index (χ1v) is 12.2. The second-order valence-corrected chi connectivity index (χ2v) is 8.61. The fraction of sp³-hybridized carbons (Fsp3) is 0.241. The molecule has 0 fully saturated rings. The zero-order valence-electron chi connectivity index (χ0n) is 21.1. The first-order chi connectivity index (χ1) is 18.6. The van der Waals surface area contributed by atoms with Crippen molar-refractivity contribution in [1.29, 1.82) is 0 Å². The lowest BCUT2D eigenvalue weighted by molar-refractivity contribution is -0.138. The van der Waals surface area contributed by atoms with Crippen LogP contribution in [0.2, 0.25) is 0 Å². The van der Waals surface area contributed by atoms with E-state index in [0.717, 1.165) is 5.56 Å². The molecule has 0 aliphatic heterocycles. The largest absolute Gasteiger partial charge is 0.494 e. The smallest absolute Gasteiger partial charge is 0.389 e. The highest BCUT2D eigenvalue weighted by Crippen LogP contribution is 2.23. The van der Waals surface area contributed by atoms with E-state index in [4.69, 9.17) is 25.7 Å². The molecule has 206 valence electrons. The first kappa shape index (κ1) is 29.1. The normalized spacial score (nSPS) is 11.4. The number of hydrogen-bond donors (Lipinski definition) is 2. The van der Waals surface area contributed by atoms with E-state index in [-0.39, 0.29) is 31.8 Å². The number of unbranched alkanes of at least 4 members (excludes halogenated alkanes) is 1. The van der Waals surface area contributed by atoms with E-state index in [2.05, 4.69) is 0 Å². The minimum atomic E-state index is -4.16. The molecule has 0 aliphatic rings. The molecule has 0 bridgehead atoms. The molecule has 4 N–H and O–H groups in total. The lowest BCUT2D eigenvalue weighted by atomic mass is 10.1. The van der Waals surface area contributed by atoms with Crippen molar-refractivity contribution in [2.45, 2.75) is 31.9 Å². The third kappa shape index (κ3) is 10.4. The Morgan fingerprint density at radius 2 is 1.54 bits per heavy atom. The van der Waals surface area contributed by atoms with Gasteiger partial charge in [-0.1, -0.05) is 12.1 Å². The van der Waals surface area contributed by atoms with Crippen LogP contribution in [0.5, 0.6) is 11.5 Å². The summed E-state index contributed by atoms with van der Waals surface area (Å²) in [7, 11) is 0. The zero-order valence-corrected chi connectivity index (χ0v) is 21.1. The van der Waals surface area contributed by atoms with E-state index in [1.165, 1.54) is 18.2 Å². The van der Waals surface area contributed by atoms with Gasteiger partial charge in [-0.3, -0.25) is 0 Å². The van der Waals surface area contributed by atoms with E-state index in [9.17, 15) is 22.8 Å². The van der Waals surface area contributed by atoms with Crippen LogP contribution in [0, 0.1) is 0 Å². The van der Waals surface area contributed by atoms with Crippen LogP contribution in [-0.2, 0) is 16.0 Å². The van der Waals surface area contributed by atoms with Crippen LogP contribution in [0.1, 0.15) is 40.7 Å². The number of nitrogens with two attached hydrogens (primary N) is 2. The highest BCUT2D eigenvalue weighted by atomic mass is 19.4. The van der Waals surface area contributed by atoms with Gasteiger partial charge < -0.3 is 25.7 Å². The number of esters is 2. The van der Waals surface area contributed by atoms with Gasteiger partial charge in [0.1, 0.15) is 11.5 Å².